The Morgan fingerprint density at radius 2 is 1.04 bits per heavy atom. The molecule has 2 nitrogen and oxygen atoms in total. The molecule has 2 heterocycles. The highest BCUT2D eigenvalue weighted by Gasteiger charge is 2.14. The molecule has 0 aliphatic heterocycles. The summed E-state index contributed by atoms with van der Waals surface area (Å²) in [7, 11) is 0. The van der Waals surface area contributed by atoms with E-state index in [-0.39, 0.29) is 0 Å². The summed E-state index contributed by atoms with van der Waals surface area (Å²) >= 11 is 0. The van der Waals surface area contributed by atoms with Gasteiger partial charge >= 0.3 is 0 Å². The third-order valence-electron chi connectivity index (χ3n) is 5.09. The molecule has 0 atom stereocenters. The van der Waals surface area contributed by atoms with E-state index in [0.717, 1.165) is 0 Å². The first-order valence-electron chi connectivity index (χ1n) is 9.29. The molecule has 132 valence electrons. The SMILES string of the molecule is Cc1c[n+](-c2ccccc2C)ccc1-c1cc[n+](-c2ccccc2C)cc1. The van der Waals surface area contributed by atoms with Gasteiger partial charge in [-0.3, -0.25) is 0 Å². The zero-order valence-corrected chi connectivity index (χ0v) is 16.1. The summed E-state index contributed by atoms with van der Waals surface area (Å²) in [6, 6.07) is 23.5. The maximum Gasteiger partial charge on any atom is 0.213 e. The quantitative estimate of drug-likeness (QED) is 0.467. The summed E-state index contributed by atoms with van der Waals surface area (Å²) < 4.78 is 4.37. The lowest BCUT2D eigenvalue weighted by molar-refractivity contribution is -0.596. The molecule has 4 rings (SSSR count). The minimum atomic E-state index is 1.21. The van der Waals surface area contributed by atoms with Gasteiger partial charge in [-0.2, -0.15) is 9.13 Å². The molecule has 0 saturated heterocycles. The number of nitrogens with zero attached hydrogens (tertiary/aromatic N) is 2. The fourth-order valence-corrected chi connectivity index (χ4v) is 3.55. The van der Waals surface area contributed by atoms with Gasteiger partial charge in [-0.15, -0.1) is 0 Å². The van der Waals surface area contributed by atoms with Gasteiger partial charge in [0.15, 0.2) is 24.8 Å². The fourth-order valence-electron chi connectivity index (χ4n) is 3.55. The van der Waals surface area contributed by atoms with Crippen LogP contribution in [0.25, 0.3) is 22.5 Å². The minimum Gasteiger partial charge on any atom is -0.167 e. The molecule has 27 heavy (non-hydrogen) atoms. The molecule has 0 amide bonds. The van der Waals surface area contributed by atoms with Crippen LogP contribution in [0.1, 0.15) is 16.7 Å². The highest BCUT2D eigenvalue weighted by atomic mass is 14.9. The van der Waals surface area contributed by atoms with Gasteiger partial charge in [0.1, 0.15) is 0 Å². The predicted octanol–water partition coefficient (Wildman–Crippen LogP) is 4.83. The predicted molar refractivity (Wildman–Crippen MR) is 109 cm³/mol. The van der Waals surface area contributed by atoms with Crippen molar-refractivity contribution in [3.8, 4) is 22.5 Å². The molecule has 4 aromatic rings. The van der Waals surface area contributed by atoms with E-state index >= 15 is 0 Å². The van der Waals surface area contributed by atoms with E-state index in [0.29, 0.717) is 0 Å². The van der Waals surface area contributed by atoms with E-state index < -0.39 is 0 Å². The molecule has 0 aliphatic carbocycles. The van der Waals surface area contributed by atoms with Crippen molar-refractivity contribution in [3.05, 3.63) is 108 Å². The van der Waals surface area contributed by atoms with Crippen LogP contribution in [0.5, 0.6) is 0 Å². The van der Waals surface area contributed by atoms with E-state index in [1.54, 1.807) is 0 Å². The number of rotatable bonds is 3. The van der Waals surface area contributed by atoms with E-state index in [1.807, 2.05) is 0 Å². The maximum atomic E-state index is 2.21. The number of para-hydroxylation sites is 2. The van der Waals surface area contributed by atoms with Gasteiger partial charge in [0.25, 0.3) is 0 Å². The molecule has 2 aromatic carbocycles. The molecule has 0 aliphatic rings. The molecule has 2 aromatic heterocycles. The van der Waals surface area contributed by atoms with Crippen LogP contribution in [0.3, 0.4) is 0 Å². The van der Waals surface area contributed by atoms with Crippen molar-refractivity contribution in [2.75, 3.05) is 0 Å². The summed E-state index contributed by atoms with van der Waals surface area (Å²) in [5.41, 5.74) is 8.73. The van der Waals surface area contributed by atoms with Crippen LogP contribution in [0.4, 0.5) is 0 Å². The Morgan fingerprint density at radius 3 is 1.59 bits per heavy atom. The third kappa shape index (κ3) is 3.39. The molecular weight excluding hydrogens is 328 g/mol. The largest absolute Gasteiger partial charge is 0.213 e. The number of hydrogen-bond acceptors (Lipinski definition) is 0. The van der Waals surface area contributed by atoms with Crippen molar-refractivity contribution >= 4 is 0 Å². The first kappa shape index (κ1) is 17.2. The van der Waals surface area contributed by atoms with Gasteiger partial charge in [-0.25, -0.2) is 0 Å². The zero-order chi connectivity index (χ0) is 18.8. The number of benzene rings is 2. The lowest BCUT2D eigenvalue weighted by Crippen LogP contribution is -2.31. The van der Waals surface area contributed by atoms with Crippen LogP contribution in [0.15, 0.2) is 91.5 Å². The van der Waals surface area contributed by atoms with Crippen LogP contribution in [-0.4, -0.2) is 0 Å². The Kier molecular flexibility index (Phi) is 4.55. The van der Waals surface area contributed by atoms with E-state index in [4.69, 9.17) is 0 Å². The normalized spacial score (nSPS) is 10.8. The molecule has 0 radical (unpaired) electrons. The minimum absolute atomic E-state index is 1.21. The van der Waals surface area contributed by atoms with E-state index in [1.165, 1.54) is 39.2 Å². The molecule has 0 spiro atoms. The van der Waals surface area contributed by atoms with Gasteiger partial charge < -0.3 is 0 Å². The number of hydrogen-bond donors (Lipinski definition) is 0. The molecule has 0 N–H and O–H groups in total. The second-order valence-electron chi connectivity index (χ2n) is 7.02. The van der Waals surface area contributed by atoms with Crippen molar-refractivity contribution in [1.29, 1.82) is 0 Å². The Bertz CT molecular complexity index is 1100. The van der Waals surface area contributed by atoms with Crippen LogP contribution >= 0.6 is 0 Å². The van der Waals surface area contributed by atoms with E-state index in [2.05, 4.69) is 121 Å². The number of aromatic nitrogens is 2. The van der Waals surface area contributed by atoms with Crippen LogP contribution in [-0.2, 0) is 0 Å². The Hall–Kier alpha value is -3.26. The summed E-state index contributed by atoms with van der Waals surface area (Å²) in [5.74, 6) is 0. The summed E-state index contributed by atoms with van der Waals surface area (Å²) in [6.45, 7) is 6.46. The Labute approximate surface area is 161 Å². The van der Waals surface area contributed by atoms with Crippen molar-refractivity contribution in [2.24, 2.45) is 0 Å². The standard InChI is InChI=1S/C25H24N2/c1-19-8-4-6-10-24(19)26-15-12-22(13-16-26)23-14-17-27(18-21(23)3)25-11-7-5-9-20(25)2/h4-18H,1-3H3/q+2. The average molecular weight is 352 g/mol. The van der Waals surface area contributed by atoms with Gasteiger partial charge in [-0.05, 0) is 31.9 Å². The van der Waals surface area contributed by atoms with Crippen molar-refractivity contribution in [1.82, 2.24) is 0 Å². The summed E-state index contributed by atoms with van der Waals surface area (Å²) in [5, 5.41) is 0. The van der Waals surface area contributed by atoms with Gasteiger partial charge in [-0.1, -0.05) is 36.4 Å². The van der Waals surface area contributed by atoms with Crippen molar-refractivity contribution in [2.45, 2.75) is 20.8 Å². The van der Waals surface area contributed by atoms with Crippen LogP contribution < -0.4 is 9.13 Å². The van der Waals surface area contributed by atoms with Crippen molar-refractivity contribution in [3.63, 3.8) is 0 Å². The van der Waals surface area contributed by atoms with Crippen molar-refractivity contribution < 1.29 is 9.13 Å². The van der Waals surface area contributed by atoms with Gasteiger partial charge in [0.2, 0.25) is 11.4 Å². The monoisotopic (exact) mass is 352 g/mol. The second kappa shape index (κ2) is 7.16. The number of pyridine rings is 2. The lowest BCUT2D eigenvalue weighted by Gasteiger charge is -2.06. The molecule has 0 bridgehead atoms. The highest BCUT2D eigenvalue weighted by Crippen LogP contribution is 2.21. The summed E-state index contributed by atoms with van der Waals surface area (Å²) in [4.78, 5) is 0. The average Bonchev–Trinajstić information content (AvgIpc) is 2.69. The van der Waals surface area contributed by atoms with Gasteiger partial charge in [0, 0.05) is 47.0 Å². The first-order valence-corrected chi connectivity index (χ1v) is 9.29. The summed E-state index contributed by atoms with van der Waals surface area (Å²) in [6.07, 6.45) is 8.63. The topological polar surface area (TPSA) is 7.76 Å². The zero-order valence-electron chi connectivity index (χ0n) is 16.1. The highest BCUT2D eigenvalue weighted by molar-refractivity contribution is 5.65. The van der Waals surface area contributed by atoms with Crippen LogP contribution in [0.2, 0.25) is 0 Å². The lowest BCUT2D eigenvalue weighted by atomic mass is 10.0. The van der Waals surface area contributed by atoms with E-state index in [9.17, 15) is 0 Å². The maximum absolute atomic E-state index is 2.21. The Morgan fingerprint density at radius 1 is 0.519 bits per heavy atom. The Balaban J connectivity index is 1.68. The molecule has 0 unspecified atom stereocenters. The smallest absolute Gasteiger partial charge is 0.167 e. The molecule has 0 saturated carbocycles. The second-order valence-corrected chi connectivity index (χ2v) is 7.02. The fraction of sp³-hybridized carbons (Fsp3) is 0.120. The third-order valence-corrected chi connectivity index (χ3v) is 5.09. The first-order chi connectivity index (χ1) is 13.1. The molecule has 2 heteroatoms. The molecule has 0 fully saturated rings. The molecular formula is C25H24N2+2. The van der Waals surface area contributed by atoms with Gasteiger partial charge in [0.05, 0.1) is 0 Å². The number of aryl methyl sites for hydroxylation is 3. The van der Waals surface area contributed by atoms with Crippen LogP contribution in [0, 0.1) is 20.8 Å².